The predicted octanol–water partition coefficient (Wildman–Crippen LogP) is 3.44. The second-order valence-electron chi connectivity index (χ2n) is 9.63. The fourth-order valence-corrected chi connectivity index (χ4v) is 10.2. The fourth-order valence-electron chi connectivity index (χ4n) is 7.90. The van der Waals surface area contributed by atoms with Gasteiger partial charge in [0, 0.05) is 34.3 Å². The molecule has 0 N–H and O–H groups in total. The van der Waals surface area contributed by atoms with Crippen molar-refractivity contribution in [3.63, 3.8) is 0 Å². The van der Waals surface area contributed by atoms with Gasteiger partial charge in [0.2, 0.25) is 0 Å². The highest BCUT2D eigenvalue weighted by Crippen LogP contribution is 2.69. The molecule has 136 valence electrons. The Bertz CT molecular complexity index is 725. The van der Waals surface area contributed by atoms with E-state index in [1.54, 1.807) is 6.92 Å². The first-order chi connectivity index (χ1) is 11.9. The van der Waals surface area contributed by atoms with E-state index in [1.165, 1.54) is 5.57 Å². The summed E-state index contributed by atoms with van der Waals surface area (Å²) in [6, 6.07) is 0. The molecule has 8 atom stereocenters. The molecule has 3 saturated carbocycles. The van der Waals surface area contributed by atoms with Crippen molar-refractivity contribution in [1.29, 1.82) is 0 Å². The molecule has 4 heteroatoms. The van der Waals surface area contributed by atoms with Crippen molar-refractivity contribution in [2.24, 2.45) is 34.5 Å². The van der Waals surface area contributed by atoms with Gasteiger partial charge in [0.05, 0.1) is 5.25 Å². The average molecular weight is 361 g/mol. The summed E-state index contributed by atoms with van der Waals surface area (Å²) in [6.45, 7) is 4.13. The van der Waals surface area contributed by atoms with Gasteiger partial charge < -0.3 is 0 Å². The average Bonchev–Trinajstić information content (AvgIpc) is 3.00. The number of Topliss-reactive ketones (excluding diaryl/α,β-unsaturated/α-hetero) is 1. The molecular weight excluding hydrogens is 332 g/mol. The van der Waals surface area contributed by atoms with Crippen LogP contribution in [0.15, 0.2) is 11.6 Å². The van der Waals surface area contributed by atoms with Crippen LogP contribution in [0.2, 0.25) is 0 Å². The summed E-state index contributed by atoms with van der Waals surface area (Å²) >= 11 is 0. The zero-order valence-electron chi connectivity index (χ0n) is 15.3. The van der Waals surface area contributed by atoms with Crippen molar-refractivity contribution in [1.82, 2.24) is 0 Å². The van der Waals surface area contributed by atoms with Gasteiger partial charge in [-0.2, -0.15) is 0 Å². The van der Waals surface area contributed by atoms with Crippen LogP contribution in [0.1, 0.15) is 58.8 Å². The molecule has 25 heavy (non-hydrogen) atoms. The van der Waals surface area contributed by atoms with E-state index in [4.69, 9.17) is 0 Å². The van der Waals surface area contributed by atoms with Gasteiger partial charge in [-0.15, -0.1) is 0 Å². The number of hydrogen-bond acceptors (Lipinski definition) is 3. The van der Waals surface area contributed by atoms with Crippen molar-refractivity contribution in [3.8, 4) is 0 Å². The van der Waals surface area contributed by atoms with Gasteiger partial charge in [-0.05, 0) is 80.3 Å². The minimum absolute atomic E-state index is 0.0436. The second-order valence-corrected chi connectivity index (χ2v) is 11.3. The van der Waals surface area contributed by atoms with E-state index in [0.717, 1.165) is 44.3 Å². The highest BCUT2D eigenvalue weighted by molar-refractivity contribution is 7.86. The lowest BCUT2D eigenvalue weighted by molar-refractivity contribution is -0.128. The number of carbonyl (C=O) groups is 2. The lowest BCUT2D eigenvalue weighted by atomic mass is 9.46. The van der Waals surface area contributed by atoms with E-state index in [9.17, 15) is 13.8 Å². The van der Waals surface area contributed by atoms with Crippen molar-refractivity contribution >= 4 is 22.4 Å². The van der Waals surface area contributed by atoms with Gasteiger partial charge in [-0.3, -0.25) is 13.8 Å². The topological polar surface area (TPSA) is 51.2 Å². The molecule has 0 aromatic heterocycles. The maximum atomic E-state index is 12.9. The molecule has 2 bridgehead atoms. The Morgan fingerprint density at radius 1 is 1.20 bits per heavy atom. The quantitative estimate of drug-likeness (QED) is 0.720. The zero-order chi connectivity index (χ0) is 17.6. The van der Waals surface area contributed by atoms with Crippen LogP contribution < -0.4 is 0 Å². The first kappa shape index (κ1) is 16.4. The van der Waals surface area contributed by atoms with Crippen molar-refractivity contribution < 1.29 is 13.8 Å². The molecular formula is C21H28O3S. The van der Waals surface area contributed by atoms with Crippen LogP contribution in [0.25, 0.3) is 0 Å². The standard InChI is InChI=1S/C21H28O3S/c1-12(22)15-3-4-16-14-10-19-18-9-13(23)5-8-21(18,11-25(19)24)17(14)6-7-20(15,16)2/h9,14-17,19H,3-8,10-11H2,1-2H3/t14?,15?,16?,17?,19-,20+,21-,25?/m0/s1. The summed E-state index contributed by atoms with van der Waals surface area (Å²) in [5.74, 6) is 3.41. The highest BCUT2D eigenvalue weighted by atomic mass is 32.2. The smallest absolute Gasteiger partial charge is 0.155 e. The van der Waals surface area contributed by atoms with Gasteiger partial charge in [0.15, 0.2) is 5.78 Å². The summed E-state index contributed by atoms with van der Waals surface area (Å²) in [5, 5.41) is 0.115. The van der Waals surface area contributed by atoms with Crippen LogP contribution in [-0.2, 0) is 20.4 Å². The number of carbonyl (C=O) groups excluding carboxylic acids is 2. The molecule has 0 spiro atoms. The Labute approximate surface area is 152 Å². The SMILES string of the molecule is CC(=O)C1CCC2C3C[C@H]4C5=CC(=O)CC[C@]5(CS4=O)C3CC[C@]12C. The monoisotopic (exact) mass is 360 g/mol. The molecule has 5 aliphatic rings. The second kappa shape index (κ2) is 5.15. The van der Waals surface area contributed by atoms with E-state index in [0.29, 0.717) is 30.0 Å². The number of ketones is 2. The van der Waals surface area contributed by atoms with Crippen LogP contribution in [-0.4, -0.2) is 26.8 Å². The van der Waals surface area contributed by atoms with E-state index in [2.05, 4.69) is 6.92 Å². The normalized spacial score (nSPS) is 53.7. The lowest BCUT2D eigenvalue weighted by Crippen LogP contribution is -2.52. The molecule has 4 fully saturated rings. The molecule has 4 aliphatic carbocycles. The van der Waals surface area contributed by atoms with Crippen molar-refractivity contribution in [2.75, 3.05) is 5.75 Å². The van der Waals surface area contributed by atoms with Gasteiger partial charge in [0.1, 0.15) is 5.78 Å². The molecule has 0 amide bonds. The third-order valence-electron chi connectivity index (χ3n) is 8.90. The van der Waals surface area contributed by atoms with E-state index >= 15 is 0 Å². The molecule has 1 heterocycles. The molecule has 5 unspecified atom stereocenters. The Kier molecular flexibility index (Phi) is 3.38. The van der Waals surface area contributed by atoms with E-state index < -0.39 is 10.8 Å². The maximum Gasteiger partial charge on any atom is 0.155 e. The summed E-state index contributed by atoms with van der Waals surface area (Å²) < 4.78 is 12.9. The molecule has 1 aliphatic heterocycles. The Balaban J connectivity index is 1.57. The van der Waals surface area contributed by atoms with Crippen molar-refractivity contribution in [3.05, 3.63) is 11.6 Å². The molecule has 0 aromatic rings. The van der Waals surface area contributed by atoms with E-state index in [-0.39, 0.29) is 27.8 Å². The molecule has 0 radical (unpaired) electrons. The third kappa shape index (κ3) is 1.95. The van der Waals surface area contributed by atoms with Gasteiger partial charge in [-0.1, -0.05) is 6.92 Å². The fraction of sp³-hybridized carbons (Fsp3) is 0.810. The number of rotatable bonds is 1. The largest absolute Gasteiger partial charge is 0.300 e. The molecule has 5 rings (SSSR count). The summed E-state index contributed by atoms with van der Waals surface area (Å²) in [4.78, 5) is 24.3. The van der Waals surface area contributed by atoms with Crippen LogP contribution in [0.5, 0.6) is 0 Å². The summed E-state index contributed by atoms with van der Waals surface area (Å²) in [7, 11) is -0.815. The van der Waals surface area contributed by atoms with Crippen LogP contribution in [0, 0.1) is 34.5 Å². The summed E-state index contributed by atoms with van der Waals surface area (Å²) in [5.41, 5.74) is 1.45. The first-order valence-electron chi connectivity index (χ1n) is 9.99. The Morgan fingerprint density at radius 2 is 2.00 bits per heavy atom. The first-order valence-corrected chi connectivity index (χ1v) is 11.4. The minimum atomic E-state index is -0.815. The van der Waals surface area contributed by atoms with Crippen LogP contribution in [0.4, 0.5) is 0 Å². The van der Waals surface area contributed by atoms with Gasteiger partial charge >= 0.3 is 0 Å². The number of hydrogen-bond donors (Lipinski definition) is 0. The maximum absolute atomic E-state index is 12.9. The molecule has 0 aromatic carbocycles. The summed E-state index contributed by atoms with van der Waals surface area (Å²) in [6.07, 6.45) is 8.91. The number of fused-ring (bicyclic) bond motifs is 3. The Morgan fingerprint density at radius 3 is 2.76 bits per heavy atom. The minimum Gasteiger partial charge on any atom is -0.300 e. The molecule has 3 nitrogen and oxygen atoms in total. The van der Waals surface area contributed by atoms with Gasteiger partial charge in [-0.25, -0.2) is 0 Å². The third-order valence-corrected chi connectivity index (χ3v) is 10.8. The highest BCUT2D eigenvalue weighted by Gasteiger charge is 2.65. The zero-order valence-corrected chi connectivity index (χ0v) is 16.1. The van der Waals surface area contributed by atoms with E-state index in [1.807, 2.05) is 6.08 Å². The van der Waals surface area contributed by atoms with Crippen LogP contribution in [0.3, 0.4) is 0 Å². The lowest BCUT2D eigenvalue weighted by Gasteiger charge is -2.57. The van der Waals surface area contributed by atoms with Gasteiger partial charge in [0.25, 0.3) is 0 Å². The Hall–Kier alpha value is -0.770. The van der Waals surface area contributed by atoms with Crippen molar-refractivity contribution in [2.45, 2.75) is 64.0 Å². The molecule has 1 saturated heterocycles. The predicted molar refractivity (Wildman–Crippen MR) is 97.4 cm³/mol. The van der Waals surface area contributed by atoms with Crippen LogP contribution >= 0.6 is 0 Å².